The summed E-state index contributed by atoms with van der Waals surface area (Å²) in [5.74, 6) is -1.58. The number of carbonyl (C=O) groups is 2. The van der Waals surface area contributed by atoms with Crippen LogP contribution in [0.1, 0.15) is 18.5 Å². The maximum atomic E-state index is 11.8. The Kier molecular flexibility index (Phi) is 6.83. The molecule has 1 aromatic carbocycles. The van der Waals surface area contributed by atoms with Gasteiger partial charge in [0.1, 0.15) is 0 Å². The highest BCUT2D eigenvalue weighted by molar-refractivity contribution is 6.32. The average molecular weight is 341 g/mol. The summed E-state index contributed by atoms with van der Waals surface area (Å²) in [5, 5.41) is 3.31. The van der Waals surface area contributed by atoms with Gasteiger partial charge in [-0.15, -0.1) is 0 Å². The second-order valence-corrected chi connectivity index (χ2v) is 5.58. The fourth-order valence-electron chi connectivity index (χ4n) is 2.49. The highest BCUT2D eigenvalue weighted by Crippen LogP contribution is 2.23. The number of esters is 1. The number of halogens is 1. The zero-order chi connectivity index (χ0) is 16.7. The average Bonchev–Trinajstić information content (AvgIpc) is 2.57. The fourth-order valence-corrected chi connectivity index (χ4v) is 2.62. The van der Waals surface area contributed by atoms with Gasteiger partial charge in [0.05, 0.1) is 25.9 Å². The van der Waals surface area contributed by atoms with E-state index in [0.29, 0.717) is 24.8 Å². The summed E-state index contributed by atoms with van der Waals surface area (Å²) in [6.07, 6.45) is 0. The molecule has 1 aliphatic rings. The van der Waals surface area contributed by atoms with Crippen molar-refractivity contribution in [2.45, 2.75) is 13.0 Å². The van der Waals surface area contributed by atoms with Gasteiger partial charge in [-0.05, 0) is 24.6 Å². The van der Waals surface area contributed by atoms with E-state index in [1.807, 2.05) is 24.3 Å². The van der Waals surface area contributed by atoms with Gasteiger partial charge in [-0.25, -0.2) is 4.79 Å². The maximum Gasteiger partial charge on any atom is 0.396 e. The predicted molar refractivity (Wildman–Crippen MR) is 86.2 cm³/mol. The molecule has 2 rings (SSSR count). The van der Waals surface area contributed by atoms with Gasteiger partial charge in [-0.1, -0.05) is 23.7 Å². The Labute approximate surface area is 140 Å². The Morgan fingerprint density at radius 1 is 1.30 bits per heavy atom. The van der Waals surface area contributed by atoms with Crippen LogP contribution in [0.3, 0.4) is 0 Å². The molecule has 6 nitrogen and oxygen atoms in total. The third-order valence-corrected chi connectivity index (χ3v) is 3.91. The molecule has 1 N–H and O–H groups in total. The maximum absolute atomic E-state index is 11.8. The summed E-state index contributed by atoms with van der Waals surface area (Å²) in [7, 11) is 0. The molecule has 0 aromatic heterocycles. The minimum Gasteiger partial charge on any atom is -0.459 e. The number of ether oxygens (including phenoxy) is 2. The molecule has 0 aliphatic carbocycles. The van der Waals surface area contributed by atoms with E-state index in [9.17, 15) is 9.59 Å². The van der Waals surface area contributed by atoms with Crippen molar-refractivity contribution < 1.29 is 19.1 Å². The van der Waals surface area contributed by atoms with Crippen molar-refractivity contribution >= 4 is 23.5 Å². The molecular formula is C16H21ClN2O4. The van der Waals surface area contributed by atoms with E-state index in [2.05, 4.69) is 10.2 Å². The number of hydrogen-bond acceptors (Lipinski definition) is 5. The smallest absolute Gasteiger partial charge is 0.396 e. The molecule has 0 saturated carbocycles. The first-order valence-electron chi connectivity index (χ1n) is 7.64. The summed E-state index contributed by atoms with van der Waals surface area (Å²) >= 11 is 5.94. The fraction of sp³-hybridized carbons (Fsp3) is 0.500. The van der Waals surface area contributed by atoms with E-state index in [4.69, 9.17) is 21.1 Å². The Bertz CT molecular complexity index is 529. The van der Waals surface area contributed by atoms with Crippen LogP contribution in [0.25, 0.3) is 0 Å². The normalized spacial score (nSPS) is 16.6. The standard InChI is InChI=1S/C16H21ClN2O4/c1-2-23-16(21)15(20)18-11-14(19-7-9-22-10-8-19)12-3-5-13(17)6-4-12/h3-6,14H,2,7-11H2,1H3,(H,18,20). The largest absolute Gasteiger partial charge is 0.459 e. The molecule has 1 saturated heterocycles. The van der Waals surface area contributed by atoms with Crippen LogP contribution in [0.5, 0.6) is 0 Å². The van der Waals surface area contributed by atoms with Crippen LogP contribution in [0.4, 0.5) is 0 Å². The van der Waals surface area contributed by atoms with Crippen molar-refractivity contribution in [3.8, 4) is 0 Å². The third-order valence-electron chi connectivity index (χ3n) is 3.66. The van der Waals surface area contributed by atoms with Gasteiger partial charge in [0.15, 0.2) is 0 Å². The van der Waals surface area contributed by atoms with E-state index < -0.39 is 11.9 Å². The lowest BCUT2D eigenvalue weighted by Gasteiger charge is -2.34. The third kappa shape index (κ3) is 5.20. The molecule has 1 aliphatic heterocycles. The molecule has 1 atom stereocenters. The zero-order valence-corrected chi connectivity index (χ0v) is 13.8. The Hall–Kier alpha value is -1.63. The second-order valence-electron chi connectivity index (χ2n) is 5.15. The van der Waals surface area contributed by atoms with Crippen molar-refractivity contribution in [1.82, 2.24) is 10.2 Å². The molecule has 1 unspecified atom stereocenters. The molecule has 1 aromatic rings. The number of nitrogens with one attached hydrogen (secondary N) is 1. The first-order chi connectivity index (χ1) is 11.1. The monoisotopic (exact) mass is 340 g/mol. The predicted octanol–water partition coefficient (Wildman–Crippen LogP) is 1.39. The summed E-state index contributed by atoms with van der Waals surface area (Å²) in [4.78, 5) is 25.4. The van der Waals surface area contributed by atoms with Crippen LogP contribution >= 0.6 is 11.6 Å². The van der Waals surface area contributed by atoms with E-state index in [1.165, 1.54) is 0 Å². The number of hydrogen-bond donors (Lipinski definition) is 1. The molecule has 7 heteroatoms. The highest BCUT2D eigenvalue weighted by atomic mass is 35.5. The topological polar surface area (TPSA) is 67.9 Å². The van der Waals surface area contributed by atoms with E-state index in [1.54, 1.807) is 6.92 Å². The van der Waals surface area contributed by atoms with Crippen molar-refractivity contribution in [2.24, 2.45) is 0 Å². The number of morpholine rings is 1. The number of nitrogens with zero attached hydrogens (tertiary/aromatic N) is 1. The highest BCUT2D eigenvalue weighted by Gasteiger charge is 2.24. The lowest BCUT2D eigenvalue weighted by Crippen LogP contribution is -2.45. The molecule has 1 amide bonds. The summed E-state index contributed by atoms with van der Waals surface area (Å²) in [5.41, 5.74) is 1.03. The summed E-state index contributed by atoms with van der Waals surface area (Å²) < 4.78 is 10.1. The number of rotatable bonds is 5. The van der Waals surface area contributed by atoms with Crippen LogP contribution in [0.15, 0.2) is 24.3 Å². The molecule has 126 valence electrons. The molecule has 23 heavy (non-hydrogen) atoms. The van der Waals surface area contributed by atoms with Crippen molar-refractivity contribution in [1.29, 1.82) is 0 Å². The molecule has 0 radical (unpaired) electrons. The Morgan fingerprint density at radius 3 is 2.57 bits per heavy atom. The Morgan fingerprint density at radius 2 is 1.96 bits per heavy atom. The molecule has 1 heterocycles. The van der Waals surface area contributed by atoms with Crippen molar-refractivity contribution in [2.75, 3.05) is 39.5 Å². The summed E-state index contributed by atoms with van der Waals surface area (Å²) in [6.45, 7) is 4.99. The quantitative estimate of drug-likeness (QED) is 0.648. The van der Waals surface area contributed by atoms with E-state index in [0.717, 1.165) is 18.7 Å². The van der Waals surface area contributed by atoms with Gasteiger partial charge in [0.2, 0.25) is 0 Å². The molecule has 0 spiro atoms. The van der Waals surface area contributed by atoms with Gasteiger partial charge in [0, 0.05) is 24.7 Å². The lowest BCUT2D eigenvalue weighted by molar-refractivity contribution is -0.154. The van der Waals surface area contributed by atoms with Gasteiger partial charge < -0.3 is 14.8 Å². The minimum absolute atomic E-state index is 0.0467. The second kappa shape index (κ2) is 8.86. The SMILES string of the molecule is CCOC(=O)C(=O)NCC(c1ccc(Cl)cc1)N1CCOCC1. The molecule has 0 bridgehead atoms. The van der Waals surface area contributed by atoms with Gasteiger partial charge in [-0.2, -0.15) is 0 Å². The van der Waals surface area contributed by atoms with Crippen molar-refractivity contribution in [3.63, 3.8) is 0 Å². The number of amides is 1. The number of carbonyl (C=O) groups excluding carboxylic acids is 2. The number of benzene rings is 1. The Balaban J connectivity index is 2.05. The van der Waals surface area contributed by atoms with Gasteiger partial charge in [0.25, 0.3) is 0 Å². The lowest BCUT2D eigenvalue weighted by atomic mass is 10.0. The minimum atomic E-state index is -0.857. The van der Waals surface area contributed by atoms with Gasteiger partial charge in [-0.3, -0.25) is 9.69 Å². The van der Waals surface area contributed by atoms with Gasteiger partial charge >= 0.3 is 11.9 Å². The zero-order valence-electron chi connectivity index (χ0n) is 13.1. The van der Waals surface area contributed by atoms with Crippen LogP contribution in [-0.2, 0) is 19.1 Å². The summed E-state index contributed by atoms with van der Waals surface area (Å²) in [6, 6.07) is 7.45. The van der Waals surface area contributed by atoms with Crippen LogP contribution in [0.2, 0.25) is 5.02 Å². The molecular weight excluding hydrogens is 320 g/mol. The van der Waals surface area contributed by atoms with Crippen LogP contribution in [-0.4, -0.2) is 56.2 Å². The van der Waals surface area contributed by atoms with Crippen LogP contribution < -0.4 is 5.32 Å². The van der Waals surface area contributed by atoms with E-state index >= 15 is 0 Å². The van der Waals surface area contributed by atoms with Crippen LogP contribution in [0, 0.1) is 0 Å². The van der Waals surface area contributed by atoms with E-state index in [-0.39, 0.29) is 12.6 Å². The first-order valence-corrected chi connectivity index (χ1v) is 8.01. The van der Waals surface area contributed by atoms with Crippen molar-refractivity contribution in [3.05, 3.63) is 34.9 Å². The first kappa shape index (κ1) is 17.7. The molecule has 1 fully saturated rings.